The first-order valence-corrected chi connectivity index (χ1v) is 10.4. The lowest BCUT2D eigenvalue weighted by Crippen LogP contribution is -2.32. The number of carbonyl (C=O) groups excluding carboxylic acids is 1. The van der Waals surface area contributed by atoms with Gasteiger partial charge in [0.05, 0.1) is 24.9 Å². The summed E-state index contributed by atoms with van der Waals surface area (Å²) in [5.74, 6) is 1.38. The average Bonchev–Trinajstić information content (AvgIpc) is 3.46. The van der Waals surface area contributed by atoms with Crippen LogP contribution in [0.15, 0.2) is 67.1 Å². The van der Waals surface area contributed by atoms with Gasteiger partial charge in [-0.05, 0) is 36.8 Å². The lowest BCUT2D eigenvalue weighted by atomic mass is 10.0. The molecule has 4 heterocycles. The number of anilines is 2. The van der Waals surface area contributed by atoms with Crippen molar-refractivity contribution in [2.75, 3.05) is 11.9 Å². The summed E-state index contributed by atoms with van der Waals surface area (Å²) < 4.78 is 3.59. The molecule has 2 N–H and O–H groups in total. The summed E-state index contributed by atoms with van der Waals surface area (Å²) in [5.41, 5.74) is 4.47. The molecule has 4 aromatic rings. The Kier molecular flexibility index (Phi) is 4.99. The molecule has 1 aliphatic rings. The van der Waals surface area contributed by atoms with Gasteiger partial charge in [0.15, 0.2) is 0 Å². The highest BCUT2D eigenvalue weighted by molar-refractivity contribution is 5.83. The van der Waals surface area contributed by atoms with Gasteiger partial charge in [-0.1, -0.05) is 29.8 Å². The average molecular weight is 428 g/mol. The molecule has 0 bridgehead atoms. The Morgan fingerprint density at radius 3 is 2.78 bits per heavy atom. The second-order valence-electron chi connectivity index (χ2n) is 8.01. The zero-order valence-electron chi connectivity index (χ0n) is 17.9. The monoisotopic (exact) mass is 428 g/mol. The van der Waals surface area contributed by atoms with E-state index in [0.29, 0.717) is 12.5 Å². The number of aliphatic hydroxyl groups excluding tert-OH is 1. The van der Waals surface area contributed by atoms with E-state index in [9.17, 15) is 9.90 Å². The molecule has 8 heteroatoms. The molecule has 3 aromatic heterocycles. The van der Waals surface area contributed by atoms with Gasteiger partial charge in [0.1, 0.15) is 5.82 Å². The summed E-state index contributed by atoms with van der Waals surface area (Å²) in [7, 11) is 1.94. The van der Waals surface area contributed by atoms with Crippen LogP contribution in [-0.2, 0) is 13.6 Å². The highest BCUT2D eigenvalue weighted by atomic mass is 16.3. The third-order valence-corrected chi connectivity index (χ3v) is 5.79. The van der Waals surface area contributed by atoms with Gasteiger partial charge in [-0.3, -0.25) is 4.57 Å². The molecule has 1 amide bonds. The maximum absolute atomic E-state index is 13.1. The van der Waals surface area contributed by atoms with Gasteiger partial charge in [-0.15, -0.1) is 0 Å². The van der Waals surface area contributed by atoms with Crippen LogP contribution in [0, 0.1) is 6.92 Å². The number of amides is 1. The van der Waals surface area contributed by atoms with E-state index in [0.717, 1.165) is 33.9 Å². The van der Waals surface area contributed by atoms with Crippen LogP contribution in [-0.4, -0.2) is 41.7 Å². The summed E-state index contributed by atoms with van der Waals surface area (Å²) in [6.07, 6.45) is 5.44. The number of nitrogens with zero attached hydrogens (tertiary/aromatic N) is 5. The fourth-order valence-corrected chi connectivity index (χ4v) is 4.12. The standard InChI is InChI=1S/C24H24N6O2/c1-16-5-3-6-17(11-16)21(15-31)30-14-19-12-18(13-29(19)24(30)32)20-8-9-25-23(26-20)27-22-7-4-10-28(22)2/h3-13,21,31H,14-15H2,1-2H3,(H,25,26,27)/t21-/m1/s1. The van der Waals surface area contributed by atoms with E-state index < -0.39 is 0 Å². The van der Waals surface area contributed by atoms with Gasteiger partial charge in [-0.2, -0.15) is 0 Å². The van der Waals surface area contributed by atoms with Crippen molar-refractivity contribution in [2.45, 2.75) is 19.5 Å². The van der Waals surface area contributed by atoms with Crippen molar-refractivity contribution in [1.29, 1.82) is 0 Å². The molecule has 0 saturated carbocycles. The normalized spacial score (nSPS) is 14.0. The number of rotatable bonds is 6. The van der Waals surface area contributed by atoms with E-state index in [1.807, 2.05) is 73.3 Å². The highest BCUT2D eigenvalue weighted by Crippen LogP contribution is 2.32. The van der Waals surface area contributed by atoms with Crippen molar-refractivity contribution in [2.24, 2.45) is 7.05 Å². The molecule has 0 spiro atoms. The Morgan fingerprint density at radius 1 is 1.19 bits per heavy atom. The fourth-order valence-electron chi connectivity index (χ4n) is 4.12. The topological polar surface area (TPSA) is 88.2 Å². The Morgan fingerprint density at radius 2 is 2.06 bits per heavy atom. The van der Waals surface area contributed by atoms with Gasteiger partial charge < -0.3 is 19.9 Å². The molecular formula is C24H24N6O2. The van der Waals surface area contributed by atoms with Crippen molar-refractivity contribution in [3.8, 4) is 11.3 Å². The van der Waals surface area contributed by atoms with Crippen LogP contribution in [0.3, 0.4) is 0 Å². The predicted octanol–water partition coefficient (Wildman–Crippen LogP) is 3.85. The molecular weight excluding hydrogens is 404 g/mol. The number of fused-ring (bicyclic) bond motifs is 1. The third-order valence-electron chi connectivity index (χ3n) is 5.79. The number of carbonyl (C=O) groups is 1. The third kappa shape index (κ3) is 3.54. The van der Waals surface area contributed by atoms with Crippen molar-refractivity contribution in [3.05, 3.63) is 83.9 Å². The molecule has 0 fully saturated rings. The Labute approximate surface area is 185 Å². The minimum Gasteiger partial charge on any atom is -0.394 e. The molecule has 8 nitrogen and oxygen atoms in total. The van der Waals surface area contributed by atoms with Crippen LogP contribution in [0.1, 0.15) is 22.9 Å². The minimum atomic E-state index is -0.383. The largest absolute Gasteiger partial charge is 0.394 e. The van der Waals surface area contributed by atoms with Crippen molar-refractivity contribution in [3.63, 3.8) is 0 Å². The number of nitrogens with one attached hydrogen (secondary N) is 1. The zero-order chi connectivity index (χ0) is 22.2. The first-order valence-electron chi connectivity index (χ1n) is 10.4. The number of benzene rings is 1. The van der Waals surface area contributed by atoms with Gasteiger partial charge in [0, 0.05) is 36.9 Å². The first kappa shape index (κ1) is 20.0. The second kappa shape index (κ2) is 7.97. The van der Waals surface area contributed by atoms with Crippen LogP contribution >= 0.6 is 0 Å². The first-order chi connectivity index (χ1) is 15.5. The smallest absolute Gasteiger partial charge is 0.329 e. The summed E-state index contributed by atoms with van der Waals surface area (Å²) >= 11 is 0. The molecule has 0 radical (unpaired) electrons. The molecule has 162 valence electrons. The van der Waals surface area contributed by atoms with Gasteiger partial charge in [0.25, 0.3) is 0 Å². The summed E-state index contributed by atoms with van der Waals surface area (Å²) in [6.45, 7) is 2.30. The van der Waals surface area contributed by atoms with E-state index >= 15 is 0 Å². The molecule has 1 aliphatic heterocycles. The SMILES string of the molecule is Cc1cccc([C@@H](CO)N2Cc3cc(-c4ccnc(Nc5cccn5C)n4)cn3C2=O)c1. The lowest BCUT2D eigenvalue weighted by Gasteiger charge is -2.26. The van der Waals surface area contributed by atoms with E-state index in [2.05, 4.69) is 15.3 Å². The molecule has 1 atom stereocenters. The number of hydrogen-bond donors (Lipinski definition) is 2. The maximum atomic E-state index is 13.1. The van der Waals surface area contributed by atoms with Crippen molar-refractivity contribution in [1.82, 2.24) is 24.0 Å². The number of aryl methyl sites for hydroxylation is 2. The van der Waals surface area contributed by atoms with E-state index in [-0.39, 0.29) is 18.7 Å². The summed E-state index contributed by atoms with van der Waals surface area (Å²) in [6, 6.07) is 15.1. The Hall–Kier alpha value is -3.91. The number of aliphatic hydroxyl groups is 1. The van der Waals surface area contributed by atoms with Crippen LogP contribution < -0.4 is 5.32 Å². The summed E-state index contributed by atoms with van der Waals surface area (Å²) in [4.78, 5) is 23.8. The molecule has 32 heavy (non-hydrogen) atoms. The van der Waals surface area contributed by atoms with Crippen LogP contribution in [0.25, 0.3) is 11.3 Å². The van der Waals surface area contributed by atoms with Gasteiger partial charge in [0.2, 0.25) is 5.95 Å². The molecule has 0 aliphatic carbocycles. The number of aromatic nitrogens is 4. The zero-order valence-corrected chi connectivity index (χ0v) is 17.9. The van der Waals surface area contributed by atoms with Crippen molar-refractivity contribution >= 4 is 17.8 Å². The van der Waals surface area contributed by atoms with Crippen LogP contribution in [0.2, 0.25) is 0 Å². The van der Waals surface area contributed by atoms with Gasteiger partial charge in [-0.25, -0.2) is 14.8 Å². The molecule has 5 rings (SSSR count). The molecule has 0 unspecified atom stereocenters. The summed E-state index contributed by atoms with van der Waals surface area (Å²) in [5, 5.41) is 13.2. The van der Waals surface area contributed by atoms with E-state index in [1.54, 1.807) is 21.9 Å². The maximum Gasteiger partial charge on any atom is 0.329 e. The lowest BCUT2D eigenvalue weighted by molar-refractivity contribution is 0.141. The highest BCUT2D eigenvalue weighted by Gasteiger charge is 2.33. The quantitative estimate of drug-likeness (QED) is 0.487. The van der Waals surface area contributed by atoms with E-state index in [4.69, 9.17) is 0 Å². The Bertz CT molecular complexity index is 1290. The van der Waals surface area contributed by atoms with E-state index in [1.165, 1.54) is 0 Å². The molecule has 1 aromatic carbocycles. The second-order valence-corrected chi connectivity index (χ2v) is 8.01. The van der Waals surface area contributed by atoms with Gasteiger partial charge >= 0.3 is 6.03 Å². The number of hydrogen-bond acceptors (Lipinski definition) is 5. The minimum absolute atomic E-state index is 0.132. The van der Waals surface area contributed by atoms with Crippen LogP contribution in [0.4, 0.5) is 16.6 Å². The van der Waals surface area contributed by atoms with Crippen LogP contribution in [0.5, 0.6) is 0 Å². The Balaban J connectivity index is 1.39. The fraction of sp³-hybridized carbons (Fsp3) is 0.208. The molecule has 0 saturated heterocycles. The predicted molar refractivity (Wildman–Crippen MR) is 121 cm³/mol. The van der Waals surface area contributed by atoms with Crippen molar-refractivity contribution < 1.29 is 9.90 Å².